The fourth-order valence-corrected chi connectivity index (χ4v) is 2.57. The second-order valence-electron chi connectivity index (χ2n) is 5.54. The summed E-state index contributed by atoms with van der Waals surface area (Å²) >= 11 is 5.96. The van der Waals surface area contributed by atoms with Crippen molar-refractivity contribution in [3.05, 3.63) is 28.8 Å². The van der Waals surface area contributed by atoms with Crippen LogP contribution in [0.4, 0.5) is 8.78 Å². The molecule has 0 spiro atoms. The van der Waals surface area contributed by atoms with Crippen molar-refractivity contribution in [1.82, 2.24) is 4.90 Å². The van der Waals surface area contributed by atoms with Crippen LogP contribution in [0.5, 0.6) is 5.75 Å². The molecule has 5 nitrogen and oxygen atoms in total. The summed E-state index contributed by atoms with van der Waals surface area (Å²) in [6.07, 6.45) is -2.55. The fraction of sp³-hybridized carbons (Fsp3) is 0.533. The molecule has 2 rings (SSSR count). The summed E-state index contributed by atoms with van der Waals surface area (Å²) in [5.41, 5.74) is -1.39. The van der Waals surface area contributed by atoms with Gasteiger partial charge in [-0.05, 0) is 25.1 Å². The zero-order valence-corrected chi connectivity index (χ0v) is 13.4. The summed E-state index contributed by atoms with van der Waals surface area (Å²) in [4.78, 5) is 12.7. The number of nitrogens with zero attached hydrogens (tertiary/aromatic N) is 1. The Morgan fingerprint density at radius 2 is 2.30 bits per heavy atom. The highest BCUT2D eigenvalue weighted by Gasteiger charge is 2.40. The molecule has 1 aliphatic rings. The molecule has 0 amide bonds. The lowest BCUT2D eigenvalue weighted by molar-refractivity contribution is -0.170. The van der Waals surface area contributed by atoms with Gasteiger partial charge in [-0.15, -0.1) is 0 Å². The first kappa shape index (κ1) is 17.9. The van der Waals surface area contributed by atoms with Crippen molar-refractivity contribution in [2.24, 2.45) is 0 Å². The molecular weight excluding hydrogens is 332 g/mol. The largest absolute Gasteiger partial charge is 0.491 e. The maximum atomic E-state index is 13.0. The number of morpholine rings is 1. The maximum Gasteiger partial charge on any atom is 0.335 e. The maximum absolute atomic E-state index is 13.0. The van der Waals surface area contributed by atoms with Gasteiger partial charge in [0.1, 0.15) is 18.0 Å². The molecule has 0 radical (unpaired) electrons. The van der Waals surface area contributed by atoms with Gasteiger partial charge < -0.3 is 14.6 Å². The van der Waals surface area contributed by atoms with Crippen LogP contribution in [0.25, 0.3) is 0 Å². The predicted molar refractivity (Wildman–Crippen MR) is 80.7 cm³/mol. The number of halogens is 3. The van der Waals surface area contributed by atoms with E-state index in [2.05, 4.69) is 0 Å². The Bertz CT molecular complexity index is 572. The summed E-state index contributed by atoms with van der Waals surface area (Å²) in [5.74, 6) is -0.709. The second-order valence-corrected chi connectivity index (χ2v) is 5.94. The van der Waals surface area contributed by atoms with E-state index >= 15 is 0 Å². The smallest absolute Gasteiger partial charge is 0.335 e. The highest BCUT2D eigenvalue weighted by molar-refractivity contribution is 6.32. The lowest BCUT2D eigenvalue weighted by atomic mass is 10.1. The first-order valence-electron chi connectivity index (χ1n) is 7.12. The van der Waals surface area contributed by atoms with Crippen LogP contribution in [-0.2, 0) is 4.74 Å². The Morgan fingerprint density at radius 1 is 1.57 bits per heavy atom. The molecule has 128 valence electrons. The summed E-state index contributed by atoms with van der Waals surface area (Å²) in [6, 6.07) is 4.18. The van der Waals surface area contributed by atoms with Gasteiger partial charge in [-0.2, -0.15) is 0 Å². The van der Waals surface area contributed by atoms with Crippen LogP contribution in [0.1, 0.15) is 17.3 Å². The van der Waals surface area contributed by atoms with E-state index in [4.69, 9.17) is 26.2 Å². The van der Waals surface area contributed by atoms with E-state index in [1.54, 1.807) is 0 Å². The normalized spacial score (nSPS) is 22.3. The number of carboxylic acid groups (broad SMARTS) is 1. The number of aromatic carboxylic acids is 1. The van der Waals surface area contributed by atoms with Crippen molar-refractivity contribution in [2.45, 2.75) is 19.0 Å². The Hall–Kier alpha value is -1.44. The standard InChI is InChI=1S/C15H18ClF2NO4/c1-15(14(17)18)9-19(5-7-23-15)4-6-22-12-3-2-10(13(20)21)8-11(12)16/h2-3,8,14H,4-7,9H2,1H3,(H,20,21)/t15-/m0/s1. The average Bonchev–Trinajstić information content (AvgIpc) is 2.48. The third-order valence-electron chi connectivity index (χ3n) is 3.68. The summed E-state index contributed by atoms with van der Waals surface area (Å²) in [7, 11) is 0. The molecule has 0 saturated carbocycles. The molecule has 0 aromatic heterocycles. The Kier molecular flexibility index (Phi) is 5.78. The zero-order chi connectivity index (χ0) is 17.0. The predicted octanol–water partition coefficient (Wildman–Crippen LogP) is 2.77. The van der Waals surface area contributed by atoms with Crippen molar-refractivity contribution >= 4 is 17.6 Å². The first-order chi connectivity index (χ1) is 10.8. The monoisotopic (exact) mass is 349 g/mol. The van der Waals surface area contributed by atoms with Gasteiger partial charge in [0.05, 0.1) is 17.2 Å². The minimum atomic E-state index is -2.55. The number of carboxylic acids is 1. The van der Waals surface area contributed by atoms with Crippen molar-refractivity contribution in [3.8, 4) is 5.75 Å². The third-order valence-corrected chi connectivity index (χ3v) is 3.98. The zero-order valence-electron chi connectivity index (χ0n) is 12.6. The van der Waals surface area contributed by atoms with E-state index in [0.29, 0.717) is 18.8 Å². The third kappa shape index (κ3) is 4.53. The number of alkyl halides is 2. The molecule has 1 heterocycles. The highest BCUT2D eigenvalue weighted by atomic mass is 35.5. The van der Waals surface area contributed by atoms with Crippen molar-refractivity contribution in [3.63, 3.8) is 0 Å². The Labute approximate surface area is 137 Å². The number of hydrogen-bond acceptors (Lipinski definition) is 4. The summed E-state index contributed by atoms with van der Waals surface area (Å²) < 4.78 is 36.6. The number of ether oxygens (including phenoxy) is 2. The van der Waals surface area contributed by atoms with Crippen LogP contribution in [0.15, 0.2) is 18.2 Å². The van der Waals surface area contributed by atoms with E-state index in [1.165, 1.54) is 25.1 Å². The molecule has 0 aliphatic carbocycles. The molecule has 1 aromatic rings. The van der Waals surface area contributed by atoms with E-state index in [1.807, 2.05) is 4.90 Å². The summed E-state index contributed by atoms with van der Waals surface area (Å²) in [6.45, 7) is 3.02. The fourth-order valence-electron chi connectivity index (χ4n) is 2.34. The van der Waals surface area contributed by atoms with Crippen molar-refractivity contribution in [2.75, 3.05) is 32.8 Å². The van der Waals surface area contributed by atoms with Crippen LogP contribution in [-0.4, -0.2) is 60.9 Å². The molecule has 1 fully saturated rings. The van der Waals surface area contributed by atoms with Crippen LogP contribution in [0.2, 0.25) is 5.02 Å². The minimum absolute atomic E-state index is 0.0724. The van der Waals surface area contributed by atoms with Gasteiger partial charge in [-0.25, -0.2) is 13.6 Å². The lowest BCUT2D eigenvalue weighted by Crippen LogP contribution is -2.54. The van der Waals surface area contributed by atoms with E-state index < -0.39 is 18.0 Å². The molecule has 1 atom stereocenters. The Morgan fingerprint density at radius 3 is 2.91 bits per heavy atom. The van der Waals surface area contributed by atoms with Gasteiger partial charge in [0.15, 0.2) is 0 Å². The molecule has 23 heavy (non-hydrogen) atoms. The molecule has 1 saturated heterocycles. The molecular formula is C15H18ClF2NO4. The SMILES string of the molecule is C[C@@]1(C(F)F)CN(CCOc2ccc(C(=O)O)cc2Cl)CCO1. The molecule has 8 heteroatoms. The van der Waals surface area contributed by atoms with E-state index in [9.17, 15) is 13.6 Å². The van der Waals surface area contributed by atoms with Crippen molar-refractivity contribution < 1.29 is 28.2 Å². The molecule has 1 aromatic carbocycles. The molecule has 0 unspecified atom stereocenters. The molecule has 1 aliphatic heterocycles. The van der Waals surface area contributed by atoms with Gasteiger partial charge >= 0.3 is 5.97 Å². The van der Waals surface area contributed by atoms with Gasteiger partial charge in [0.25, 0.3) is 6.43 Å². The number of carbonyl (C=O) groups is 1. The first-order valence-corrected chi connectivity index (χ1v) is 7.50. The Balaban J connectivity index is 1.86. The van der Waals surface area contributed by atoms with Crippen LogP contribution in [0, 0.1) is 0 Å². The molecule has 1 N–H and O–H groups in total. The quantitative estimate of drug-likeness (QED) is 0.855. The van der Waals surface area contributed by atoms with Gasteiger partial charge in [-0.1, -0.05) is 11.6 Å². The van der Waals surface area contributed by atoms with E-state index in [0.717, 1.165) is 0 Å². The molecule has 0 bridgehead atoms. The van der Waals surface area contributed by atoms with Gasteiger partial charge in [-0.3, -0.25) is 4.90 Å². The van der Waals surface area contributed by atoms with Gasteiger partial charge in [0.2, 0.25) is 0 Å². The minimum Gasteiger partial charge on any atom is -0.491 e. The topological polar surface area (TPSA) is 59.0 Å². The van der Waals surface area contributed by atoms with Crippen molar-refractivity contribution in [1.29, 1.82) is 0 Å². The number of benzene rings is 1. The summed E-state index contributed by atoms with van der Waals surface area (Å²) in [5, 5.41) is 9.06. The number of rotatable bonds is 6. The average molecular weight is 350 g/mol. The lowest BCUT2D eigenvalue weighted by Gasteiger charge is -2.39. The highest BCUT2D eigenvalue weighted by Crippen LogP contribution is 2.27. The second kappa shape index (κ2) is 7.42. The van der Waals surface area contributed by atoms with E-state index in [-0.39, 0.29) is 30.3 Å². The van der Waals surface area contributed by atoms with Crippen LogP contribution >= 0.6 is 11.6 Å². The van der Waals surface area contributed by atoms with Gasteiger partial charge in [0, 0.05) is 19.6 Å². The van der Waals surface area contributed by atoms with Crippen LogP contribution in [0.3, 0.4) is 0 Å². The number of hydrogen-bond donors (Lipinski definition) is 1. The van der Waals surface area contributed by atoms with Crippen LogP contribution < -0.4 is 4.74 Å².